The monoisotopic (exact) mass is 368 g/mol. The third-order valence-corrected chi connectivity index (χ3v) is 3.73. The van der Waals surface area contributed by atoms with Crippen molar-refractivity contribution in [2.45, 2.75) is 20.8 Å². The number of carbonyl (C=O) groups is 2. The lowest BCUT2D eigenvalue weighted by atomic mass is 10.2. The summed E-state index contributed by atoms with van der Waals surface area (Å²) < 4.78 is 6.84. The molecule has 0 aliphatic heterocycles. The first-order chi connectivity index (χ1) is 10.4. The molecule has 0 aromatic carbocycles. The molecule has 9 heteroatoms. The second-order valence-electron chi connectivity index (χ2n) is 4.43. The fraction of sp³-hybridized carbons (Fsp3) is 0.308. The van der Waals surface area contributed by atoms with E-state index in [1.54, 1.807) is 26.1 Å². The highest BCUT2D eigenvalue weighted by Gasteiger charge is 2.25. The first-order valence-electron chi connectivity index (χ1n) is 6.40. The number of aromatic nitrogens is 2. The van der Waals surface area contributed by atoms with Crippen LogP contribution < -0.4 is 5.01 Å². The molecule has 0 atom stereocenters. The number of ether oxygens (including phenoxy) is 1. The van der Waals surface area contributed by atoms with Crippen molar-refractivity contribution < 1.29 is 14.3 Å². The van der Waals surface area contributed by atoms with E-state index in [0.29, 0.717) is 15.2 Å². The molecule has 0 spiro atoms. The third-order valence-electron chi connectivity index (χ3n) is 2.97. The molecule has 2 aromatic rings. The Labute approximate surface area is 134 Å². The number of halogens is 1. The molecule has 2 heterocycles. The van der Waals surface area contributed by atoms with Crippen LogP contribution in [0.5, 0.6) is 0 Å². The van der Waals surface area contributed by atoms with Gasteiger partial charge in [-0.25, -0.2) is 9.78 Å². The Morgan fingerprint density at radius 2 is 2.18 bits per heavy atom. The van der Waals surface area contributed by atoms with Crippen LogP contribution in [-0.4, -0.2) is 27.9 Å². The highest BCUT2D eigenvalue weighted by molar-refractivity contribution is 9.10. The van der Waals surface area contributed by atoms with Gasteiger partial charge >= 0.3 is 5.97 Å². The second kappa shape index (κ2) is 6.22. The van der Waals surface area contributed by atoms with Gasteiger partial charge in [-0.3, -0.25) is 9.20 Å². The largest absolute Gasteiger partial charge is 0.461 e. The molecule has 2 rings (SSSR count). The van der Waals surface area contributed by atoms with Crippen LogP contribution >= 0.6 is 15.9 Å². The normalized spacial score (nSPS) is 10.5. The van der Waals surface area contributed by atoms with Gasteiger partial charge < -0.3 is 4.74 Å². The van der Waals surface area contributed by atoms with E-state index in [1.807, 2.05) is 0 Å². The number of nitrogens with zero attached hydrogens (tertiary/aromatic N) is 4. The molecule has 8 nitrogen and oxygen atoms in total. The smallest absolute Gasteiger partial charge is 0.359 e. The first-order valence-corrected chi connectivity index (χ1v) is 7.19. The Bertz CT molecular complexity index is 771. The lowest BCUT2D eigenvalue weighted by molar-refractivity contribution is -0.116. The number of imidazole rings is 1. The van der Waals surface area contributed by atoms with Crippen molar-refractivity contribution >= 4 is 39.1 Å². The van der Waals surface area contributed by atoms with Crippen LogP contribution in [0.1, 0.15) is 29.9 Å². The van der Waals surface area contributed by atoms with E-state index in [2.05, 4.69) is 26.2 Å². The number of fused-ring (bicyclic) bond motifs is 1. The minimum atomic E-state index is -0.602. The Hall–Kier alpha value is -2.29. The number of esters is 1. The molecule has 0 bridgehead atoms. The molecule has 22 heavy (non-hydrogen) atoms. The van der Waals surface area contributed by atoms with Gasteiger partial charge in [0.25, 0.3) is 0 Å². The van der Waals surface area contributed by atoms with Gasteiger partial charge in [-0.05, 0) is 41.4 Å². The van der Waals surface area contributed by atoms with Crippen LogP contribution in [0.15, 0.2) is 22.2 Å². The number of aryl methyl sites for hydroxylation is 1. The number of hydrogen-bond donors (Lipinski definition) is 0. The van der Waals surface area contributed by atoms with Gasteiger partial charge in [-0.2, -0.15) is 5.01 Å². The van der Waals surface area contributed by atoms with E-state index < -0.39 is 11.9 Å². The number of amides is 1. The summed E-state index contributed by atoms with van der Waals surface area (Å²) in [5.74, 6) is -1.15. The summed E-state index contributed by atoms with van der Waals surface area (Å²) in [6.45, 7) is 4.82. The topological polar surface area (TPSA) is 93.3 Å². The van der Waals surface area contributed by atoms with Gasteiger partial charge in [0.1, 0.15) is 10.3 Å². The molecule has 0 aliphatic carbocycles. The second-order valence-corrected chi connectivity index (χ2v) is 5.18. The van der Waals surface area contributed by atoms with Crippen molar-refractivity contribution in [1.29, 1.82) is 0 Å². The minimum absolute atomic E-state index is 0.0584. The fourth-order valence-electron chi connectivity index (χ4n) is 2.00. The molecular weight excluding hydrogens is 356 g/mol. The van der Waals surface area contributed by atoms with Crippen molar-refractivity contribution in [3.63, 3.8) is 0 Å². The lowest BCUT2D eigenvalue weighted by Gasteiger charge is -2.14. The predicted molar refractivity (Wildman–Crippen MR) is 82.5 cm³/mol. The summed E-state index contributed by atoms with van der Waals surface area (Å²) in [5, 5.41) is 3.45. The van der Waals surface area contributed by atoms with E-state index in [4.69, 9.17) is 4.74 Å². The predicted octanol–water partition coefficient (Wildman–Crippen LogP) is 2.62. The van der Waals surface area contributed by atoms with Crippen molar-refractivity contribution in [2.75, 3.05) is 11.6 Å². The Balaban J connectivity index is 2.74. The zero-order chi connectivity index (χ0) is 16.4. The summed E-state index contributed by atoms with van der Waals surface area (Å²) in [7, 11) is 0. The van der Waals surface area contributed by atoms with Gasteiger partial charge in [-0.1, -0.05) is 0 Å². The number of rotatable bonds is 4. The highest BCUT2D eigenvalue weighted by atomic mass is 79.9. The van der Waals surface area contributed by atoms with Gasteiger partial charge in [-0.15, -0.1) is 4.91 Å². The van der Waals surface area contributed by atoms with Gasteiger partial charge in [0, 0.05) is 13.1 Å². The molecule has 2 aromatic heterocycles. The summed E-state index contributed by atoms with van der Waals surface area (Å²) >= 11 is 3.28. The van der Waals surface area contributed by atoms with E-state index in [-0.39, 0.29) is 23.6 Å². The van der Waals surface area contributed by atoms with Gasteiger partial charge in [0.15, 0.2) is 11.3 Å². The molecule has 0 saturated heterocycles. The van der Waals surface area contributed by atoms with Crippen molar-refractivity contribution in [3.8, 4) is 0 Å². The van der Waals surface area contributed by atoms with E-state index >= 15 is 0 Å². The van der Waals surface area contributed by atoms with Crippen LogP contribution in [0.25, 0.3) is 5.65 Å². The molecule has 0 aliphatic rings. The number of anilines is 1. The lowest BCUT2D eigenvalue weighted by Crippen LogP contribution is -2.23. The molecule has 0 saturated carbocycles. The summed E-state index contributed by atoms with van der Waals surface area (Å²) in [5.41, 5.74) is 1.16. The van der Waals surface area contributed by atoms with Crippen LogP contribution in [0.2, 0.25) is 0 Å². The summed E-state index contributed by atoms with van der Waals surface area (Å²) in [4.78, 5) is 38.7. The number of hydrogen-bond acceptors (Lipinski definition) is 6. The Morgan fingerprint density at radius 1 is 1.50 bits per heavy atom. The quantitative estimate of drug-likeness (QED) is 0.469. The highest BCUT2D eigenvalue weighted by Crippen LogP contribution is 2.30. The van der Waals surface area contributed by atoms with Crippen molar-refractivity contribution in [2.24, 2.45) is 5.29 Å². The fourth-order valence-corrected chi connectivity index (χ4v) is 2.54. The maximum atomic E-state index is 11.9. The molecular formula is C13H13BrN4O4. The molecule has 0 radical (unpaired) electrons. The van der Waals surface area contributed by atoms with Crippen molar-refractivity contribution in [3.05, 3.63) is 33.0 Å². The van der Waals surface area contributed by atoms with Crippen molar-refractivity contribution in [1.82, 2.24) is 9.38 Å². The average Bonchev–Trinajstić information content (AvgIpc) is 2.79. The van der Waals surface area contributed by atoms with Gasteiger partial charge in [0.2, 0.25) is 5.91 Å². The standard InChI is InChI=1S/C13H13BrN4O4/c1-4-22-13(20)9-11(14)17-6-5-7(2)10(12(17)15-9)18(16-21)8(3)19/h5-6H,4H2,1-3H3. The van der Waals surface area contributed by atoms with Crippen LogP contribution in [-0.2, 0) is 9.53 Å². The Morgan fingerprint density at radius 3 is 2.73 bits per heavy atom. The third kappa shape index (κ3) is 2.59. The molecule has 1 amide bonds. The maximum absolute atomic E-state index is 11.9. The summed E-state index contributed by atoms with van der Waals surface area (Å²) in [6.07, 6.45) is 1.66. The number of nitroso groups, excluding NO2 is 1. The minimum Gasteiger partial charge on any atom is -0.461 e. The Kier molecular flexibility index (Phi) is 4.55. The van der Waals surface area contributed by atoms with Gasteiger partial charge in [0.05, 0.1) is 11.9 Å². The number of carbonyl (C=O) groups excluding carboxylic acids is 2. The maximum Gasteiger partial charge on any atom is 0.359 e. The first kappa shape index (κ1) is 16.1. The van der Waals surface area contributed by atoms with E-state index in [1.165, 1.54) is 11.3 Å². The molecule has 0 fully saturated rings. The SMILES string of the molecule is CCOC(=O)c1nc2c(N(N=O)C(C)=O)c(C)ccn2c1Br. The van der Waals surface area contributed by atoms with E-state index in [0.717, 1.165) is 0 Å². The molecule has 0 unspecified atom stereocenters. The van der Waals surface area contributed by atoms with Crippen LogP contribution in [0.4, 0.5) is 5.69 Å². The summed E-state index contributed by atoms with van der Waals surface area (Å²) in [6, 6.07) is 1.69. The molecule has 116 valence electrons. The number of pyridine rings is 1. The molecule has 0 N–H and O–H groups in total. The zero-order valence-corrected chi connectivity index (χ0v) is 13.7. The van der Waals surface area contributed by atoms with E-state index in [9.17, 15) is 14.5 Å². The average molecular weight is 369 g/mol. The van der Waals surface area contributed by atoms with Crippen LogP contribution in [0, 0.1) is 11.8 Å². The zero-order valence-electron chi connectivity index (χ0n) is 12.2. The van der Waals surface area contributed by atoms with Crippen LogP contribution in [0.3, 0.4) is 0 Å².